The zero-order valence-corrected chi connectivity index (χ0v) is 34.8. The molecule has 0 spiro atoms. The number of ether oxygens (including phenoxy) is 2. The van der Waals surface area contributed by atoms with Gasteiger partial charge < -0.3 is 14.6 Å². The Hall–Kier alpha value is -1.62. The molecule has 0 radical (unpaired) electrons. The van der Waals surface area contributed by atoms with E-state index in [0.29, 0.717) is 12.8 Å². The van der Waals surface area contributed by atoms with Crippen molar-refractivity contribution in [3.05, 3.63) is 24.3 Å². The second-order valence-corrected chi connectivity index (χ2v) is 15.5. The number of rotatable bonds is 42. The maximum absolute atomic E-state index is 12.2. The van der Waals surface area contributed by atoms with Gasteiger partial charge in [0.25, 0.3) is 0 Å². The zero-order valence-electron chi connectivity index (χ0n) is 34.8. The SMILES string of the molecule is CCCCCCC/C=C\C/C=C\CCCCCCCCCCCCCCCC(=O)OC(CO)COC(=O)CCCCCCCCCCCCCCC. The molecule has 1 atom stereocenters. The van der Waals surface area contributed by atoms with Gasteiger partial charge in [0, 0.05) is 12.8 Å². The summed E-state index contributed by atoms with van der Waals surface area (Å²) in [5, 5.41) is 9.58. The molecule has 0 aromatic heterocycles. The lowest BCUT2D eigenvalue weighted by Crippen LogP contribution is -2.28. The highest BCUT2D eigenvalue weighted by Crippen LogP contribution is 2.15. The number of aliphatic hydroxyl groups excluding tert-OH is 1. The zero-order chi connectivity index (χ0) is 37.8. The summed E-state index contributed by atoms with van der Waals surface area (Å²) in [7, 11) is 0. The van der Waals surface area contributed by atoms with E-state index in [0.717, 1.165) is 44.9 Å². The minimum Gasteiger partial charge on any atom is -0.462 e. The molecule has 0 aliphatic heterocycles. The minimum absolute atomic E-state index is 0.0608. The molecule has 0 amide bonds. The van der Waals surface area contributed by atoms with E-state index in [1.54, 1.807) is 0 Å². The number of esters is 2. The molecular formula is C47H88O5. The van der Waals surface area contributed by atoms with Crippen molar-refractivity contribution in [1.82, 2.24) is 0 Å². The van der Waals surface area contributed by atoms with Crippen LogP contribution in [-0.4, -0.2) is 36.4 Å². The number of carbonyl (C=O) groups excluding carboxylic acids is 2. The van der Waals surface area contributed by atoms with Crippen LogP contribution in [0.5, 0.6) is 0 Å². The molecule has 0 aromatic carbocycles. The van der Waals surface area contributed by atoms with Gasteiger partial charge in [-0.2, -0.15) is 0 Å². The number of carbonyl (C=O) groups is 2. The van der Waals surface area contributed by atoms with Crippen molar-refractivity contribution >= 4 is 11.9 Å². The van der Waals surface area contributed by atoms with E-state index >= 15 is 0 Å². The largest absolute Gasteiger partial charge is 0.462 e. The number of hydrogen-bond donors (Lipinski definition) is 1. The Kier molecular flexibility index (Phi) is 42.4. The first-order valence-corrected chi connectivity index (χ1v) is 22.9. The maximum Gasteiger partial charge on any atom is 0.306 e. The van der Waals surface area contributed by atoms with Crippen molar-refractivity contribution in [2.24, 2.45) is 0 Å². The molecule has 0 rings (SSSR count). The quantitative estimate of drug-likeness (QED) is 0.0384. The predicted octanol–water partition coefficient (Wildman–Crippen LogP) is 14.6. The highest BCUT2D eigenvalue weighted by atomic mass is 16.6. The standard InChI is InChI=1S/C47H88O5/c1-3-5-7-9-11-13-15-17-18-19-20-21-22-23-24-25-26-27-28-30-32-34-36-38-40-42-47(50)52-45(43-48)44-51-46(49)41-39-37-35-33-31-29-16-14-12-10-8-6-4-2/h15,17,19-20,45,48H,3-14,16,18,21-44H2,1-2H3/b17-15-,20-19-. The van der Waals surface area contributed by atoms with Crippen LogP contribution < -0.4 is 0 Å². The van der Waals surface area contributed by atoms with Crippen molar-refractivity contribution in [2.75, 3.05) is 13.2 Å². The van der Waals surface area contributed by atoms with Crippen LogP contribution in [0.1, 0.15) is 245 Å². The molecule has 1 unspecified atom stereocenters. The Labute approximate surface area is 323 Å². The summed E-state index contributed by atoms with van der Waals surface area (Å²) in [6.45, 7) is 4.15. The number of allylic oxidation sites excluding steroid dienone is 4. The number of hydrogen-bond acceptors (Lipinski definition) is 5. The second-order valence-electron chi connectivity index (χ2n) is 15.5. The maximum atomic E-state index is 12.2. The molecule has 0 saturated carbocycles. The second kappa shape index (κ2) is 43.8. The summed E-state index contributed by atoms with van der Waals surface area (Å²) in [6.07, 6.45) is 52.6. The van der Waals surface area contributed by atoms with Gasteiger partial charge in [-0.1, -0.05) is 212 Å². The molecular weight excluding hydrogens is 645 g/mol. The first-order valence-electron chi connectivity index (χ1n) is 22.9. The Morgan fingerprint density at radius 3 is 1.13 bits per heavy atom. The lowest BCUT2D eigenvalue weighted by atomic mass is 10.0. The van der Waals surface area contributed by atoms with Crippen LogP contribution in [0.4, 0.5) is 0 Å². The summed E-state index contributed by atoms with van der Waals surface area (Å²) >= 11 is 0. The molecule has 0 fully saturated rings. The van der Waals surface area contributed by atoms with Gasteiger partial charge in [-0.25, -0.2) is 0 Å². The van der Waals surface area contributed by atoms with E-state index in [1.165, 1.54) is 173 Å². The number of unbranched alkanes of at least 4 members (excludes halogenated alkanes) is 30. The van der Waals surface area contributed by atoms with Gasteiger partial charge in [0.1, 0.15) is 6.61 Å². The highest BCUT2D eigenvalue weighted by Gasteiger charge is 2.16. The van der Waals surface area contributed by atoms with Gasteiger partial charge in [0.2, 0.25) is 0 Å². The van der Waals surface area contributed by atoms with Crippen LogP contribution in [0.25, 0.3) is 0 Å². The first-order chi connectivity index (χ1) is 25.6. The Balaban J connectivity index is 3.47. The lowest BCUT2D eigenvalue weighted by molar-refractivity contribution is -0.161. The predicted molar refractivity (Wildman–Crippen MR) is 224 cm³/mol. The monoisotopic (exact) mass is 733 g/mol. The van der Waals surface area contributed by atoms with Gasteiger partial charge in [-0.15, -0.1) is 0 Å². The fourth-order valence-electron chi connectivity index (χ4n) is 6.76. The summed E-state index contributed by atoms with van der Waals surface area (Å²) in [5.74, 6) is -0.580. The summed E-state index contributed by atoms with van der Waals surface area (Å²) < 4.78 is 10.6. The molecule has 52 heavy (non-hydrogen) atoms. The normalized spacial score (nSPS) is 12.3. The molecule has 0 aliphatic rings. The van der Waals surface area contributed by atoms with Crippen LogP contribution >= 0.6 is 0 Å². The first kappa shape index (κ1) is 50.4. The minimum atomic E-state index is -0.766. The van der Waals surface area contributed by atoms with Crippen molar-refractivity contribution in [2.45, 2.75) is 251 Å². The van der Waals surface area contributed by atoms with Crippen LogP contribution in [-0.2, 0) is 19.1 Å². The van der Waals surface area contributed by atoms with Crippen LogP contribution in [0.3, 0.4) is 0 Å². The topological polar surface area (TPSA) is 72.8 Å². The Morgan fingerprint density at radius 2 is 0.769 bits per heavy atom. The molecule has 1 N–H and O–H groups in total. The van der Waals surface area contributed by atoms with Gasteiger partial charge in [-0.3, -0.25) is 9.59 Å². The number of aliphatic hydroxyl groups is 1. The highest BCUT2D eigenvalue weighted by molar-refractivity contribution is 5.70. The van der Waals surface area contributed by atoms with Crippen molar-refractivity contribution in [3.63, 3.8) is 0 Å². The molecule has 0 heterocycles. The molecule has 5 nitrogen and oxygen atoms in total. The molecule has 0 bridgehead atoms. The summed E-state index contributed by atoms with van der Waals surface area (Å²) in [6, 6.07) is 0. The van der Waals surface area contributed by atoms with E-state index in [9.17, 15) is 14.7 Å². The third kappa shape index (κ3) is 41.1. The molecule has 0 saturated heterocycles. The van der Waals surface area contributed by atoms with Gasteiger partial charge in [-0.05, 0) is 44.9 Å². The summed E-state index contributed by atoms with van der Waals surface area (Å²) in [5.41, 5.74) is 0. The van der Waals surface area contributed by atoms with Gasteiger partial charge in [0.05, 0.1) is 6.61 Å². The van der Waals surface area contributed by atoms with E-state index in [4.69, 9.17) is 9.47 Å². The van der Waals surface area contributed by atoms with Crippen molar-refractivity contribution in [1.29, 1.82) is 0 Å². The third-order valence-corrected chi connectivity index (χ3v) is 10.2. The van der Waals surface area contributed by atoms with Crippen LogP contribution in [0, 0.1) is 0 Å². The van der Waals surface area contributed by atoms with Gasteiger partial charge in [0.15, 0.2) is 6.10 Å². The van der Waals surface area contributed by atoms with E-state index in [-0.39, 0.29) is 25.2 Å². The lowest BCUT2D eigenvalue weighted by Gasteiger charge is -2.15. The average Bonchev–Trinajstić information content (AvgIpc) is 3.15. The van der Waals surface area contributed by atoms with Crippen LogP contribution in [0.15, 0.2) is 24.3 Å². The van der Waals surface area contributed by atoms with Crippen LogP contribution in [0.2, 0.25) is 0 Å². The molecule has 5 heteroatoms. The van der Waals surface area contributed by atoms with E-state index < -0.39 is 6.10 Å². The van der Waals surface area contributed by atoms with Crippen molar-refractivity contribution < 1.29 is 24.2 Å². The smallest absolute Gasteiger partial charge is 0.306 e. The van der Waals surface area contributed by atoms with Gasteiger partial charge >= 0.3 is 11.9 Å². The van der Waals surface area contributed by atoms with E-state index in [2.05, 4.69) is 38.2 Å². The van der Waals surface area contributed by atoms with Crippen molar-refractivity contribution in [3.8, 4) is 0 Å². The Bertz CT molecular complexity index is 791. The van der Waals surface area contributed by atoms with E-state index in [1.807, 2.05) is 0 Å². The molecule has 0 aromatic rings. The molecule has 306 valence electrons. The molecule has 0 aliphatic carbocycles. The third-order valence-electron chi connectivity index (χ3n) is 10.2. The average molecular weight is 733 g/mol. The summed E-state index contributed by atoms with van der Waals surface area (Å²) in [4.78, 5) is 24.3. The fourth-order valence-corrected chi connectivity index (χ4v) is 6.76. The Morgan fingerprint density at radius 1 is 0.442 bits per heavy atom. The fraction of sp³-hybridized carbons (Fsp3) is 0.872.